The molecule has 1 saturated carbocycles. The van der Waals surface area contributed by atoms with E-state index in [0.29, 0.717) is 5.69 Å². The van der Waals surface area contributed by atoms with Crippen molar-refractivity contribution in [3.05, 3.63) is 22.4 Å². The first-order chi connectivity index (χ1) is 9.54. The largest absolute Gasteiger partial charge is 0.340 e. The number of carbonyl (C=O) groups is 1. The topological polar surface area (TPSA) is 49.0 Å². The summed E-state index contributed by atoms with van der Waals surface area (Å²) in [6.45, 7) is 4.27. The molecule has 0 N–H and O–H groups in total. The van der Waals surface area contributed by atoms with Gasteiger partial charge in [-0.05, 0) is 48.7 Å². The fourth-order valence-corrected chi connectivity index (χ4v) is 3.29. The predicted octanol–water partition coefficient (Wildman–Crippen LogP) is 3.74. The highest BCUT2D eigenvalue weighted by Crippen LogP contribution is 2.27. The lowest BCUT2D eigenvalue weighted by molar-refractivity contribution is 0.0696. The molecule has 1 amide bonds. The maximum absolute atomic E-state index is 12.8. The van der Waals surface area contributed by atoms with Crippen LogP contribution in [0.5, 0.6) is 0 Å². The summed E-state index contributed by atoms with van der Waals surface area (Å²) in [5.41, 5.74) is 0.661. The summed E-state index contributed by atoms with van der Waals surface area (Å²) in [5, 5.41) is 9.02. The quantitative estimate of drug-likeness (QED) is 0.785. The molecular formula is C15H20BrN3O. The minimum atomic E-state index is -0.0298. The van der Waals surface area contributed by atoms with E-state index in [-0.39, 0.29) is 24.5 Å². The second kappa shape index (κ2) is 6.45. The number of hydrogen-bond acceptors (Lipinski definition) is 2. The second-order valence-electron chi connectivity index (χ2n) is 5.57. The van der Waals surface area contributed by atoms with Crippen molar-refractivity contribution in [3.63, 3.8) is 0 Å². The van der Waals surface area contributed by atoms with Gasteiger partial charge in [0.1, 0.15) is 12.2 Å². The van der Waals surface area contributed by atoms with E-state index in [1.54, 1.807) is 4.90 Å². The standard InChI is InChI=1S/C15H20BrN3O/c1-11(2)19-10-12(16)9-14(19)15(20)18(8-7-17)13-5-3-4-6-13/h9-11,13H,3-6,8H2,1-2H3. The van der Waals surface area contributed by atoms with Crippen molar-refractivity contribution < 1.29 is 4.79 Å². The van der Waals surface area contributed by atoms with Gasteiger partial charge in [0.05, 0.1) is 6.07 Å². The normalized spacial score (nSPS) is 15.6. The van der Waals surface area contributed by atoms with E-state index in [4.69, 9.17) is 5.26 Å². The van der Waals surface area contributed by atoms with Gasteiger partial charge in [-0.1, -0.05) is 12.8 Å². The van der Waals surface area contributed by atoms with Gasteiger partial charge in [0, 0.05) is 22.8 Å². The maximum atomic E-state index is 12.8. The molecule has 1 aliphatic rings. The van der Waals surface area contributed by atoms with Crippen LogP contribution in [0, 0.1) is 11.3 Å². The Morgan fingerprint density at radius 2 is 2.20 bits per heavy atom. The summed E-state index contributed by atoms with van der Waals surface area (Å²) >= 11 is 3.43. The Morgan fingerprint density at radius 3 is 2.75 bits per heavy atom. The van der Waals surface area contributed by atoms with Gasteiger partial charge in [0.15, 0.2) is 0 Å². The molecule has 0 aromatic carbocycles. The molecule has 1 fully saturated rings. The van der Waals surface area contributed by atoms with Crippen LogP contribution in [0.2, 0.25) is 0 Å². The zero-order valence-electron chi connectivity index (χ0n) is 12.0. The third-order valence-electron chi connectivity index (χ3n) is 3.86. The summed E-state index contributed by atoms with van der Waals surface area (Å²) in [6, 6.07) is 4.42. The molecule has 0 spiro atoms. The van der Waals surface area contributed by atoms with Gasteiger partial charge in [0.2, 0.25) is 0 Å². The monoisotopic (exact) mass is 337 g/mol. The van der Waals surface area contributed by atoms with Gasteiger partial charge in [-0.2, -0.15) is 5.26 Å². The van der Waals surface area contributed by atoms with Crippen molar-refractivity contribution in [2.24, 2.45) is 0 Å². The molecule has 108 valence electrons. The van der Waals surface area contributed by atoms with Crippen LogP contribution >= 0.6 is 15.9 Å². The molecule has 2 rings (SSSR count). The molecule has 0 saturated heterocycles. The molecule has 0 aliphatic heterocycles. The van der Waals surface area contributed by atoms with Crippen LogP contribution in [0.1, 0.15) is 56.1 Å². The highest BCUT2D eigenvalue weighted by atomic mass is 79.9. The Balaban J connectivity index is 2.29. The van der Waals surface area contributed by atoms with Gasteiger partial charge in [-0.15, -0.1) is 0 Å². The number of aromatic nitrogens is 1. The van der Waals surface area contributed by atoms with Gasteiger partial charge in [0.25, 0.3) is 5.91 Å². The van der Waals surface area contributed by atoms with Crippen molar-refractivity contribution in [1.29, 1.82) is 5.26 Å². The van der Waals surface area contributed by atoms with Crippen LogP contribution in [-0.2, 0) is 0 Å². The minimum absolute atomic E-state index is 0.0298. The van der Waals surface area contributed by atoms with Crippen molar-refractivity contribution in [1.82, 2.24) is 9.47 Å². The second-order valence-corrected chi connectivity index (χ2v) is 6.49. The van der Waals surface area contributed by atoms with E-state index < -0.39 is 0 Å². The lowest BCUT2D eigenvalue weighted by atomic mass is 10.2. The van der Waals surface area contributed by atoms with E-state index in [1.165, 1.54) is 0 Å². The summed E-state index contributed by atoms with van der Waals surface area (Å²) in [4.78, 5) is 14.5. The number of nitriles is 1. The third kappa shape index (κ3) is 3.06. The molecule has 0 bridgehead atoms. The number of rotatable bonds is 4. The van der Waals surface area contributed by atoms with E-state index in [0.717, 1.165) is 30.2 Å². The Kier molecular flexibility index (Phi) is 4.87. The lowest BCUT2D eigenvalue weighted by Crippen LogP contribution is -2.40. The Bertz CT molecular complexity index is 524. The fraction of sp³-hybridized carbons (Fsp3) is 0.600. The Morgan fingerprint density at radius 1 is 1.55 bits per heavy atom. The molecule has 0 unspecified atom stereocenters. The third-order valence-corrected chi connectivity index (χ3v) is 4.29. The van der Waals surface area contributed by atoms with Crippen molar-refractivity contribution in [2.75, 3.05) is 6.54 Å². The van der Waals surface area contributed by atoms with E-state index >= 15 is 0 Å². The number of carbonyl (C=O) groups excluding carboxylic acids is 1. The first-order valence-electron chi connectivity index (χ1n) is 7.10. The highest BCUT2D eigenvalue weighted by molar-refractivity contribution is 9.10. The van der Waals surface area contributed by atoms with Crippen molar-refractivity contribution in [3.8, 4) is 6.07 Å². The zero-order valence-corrected chi connectivity index (χ0v) is 13.6. The molecule has 4 nitrogen and oxygen atoms in total. The van der Waals surface area contributed by atoms with Crippen LogP contribution in [0.15, 0.2) is 16.7 Å². The predicted molar refractivity (Wildman–Crippen MR) is 81.4 cm³/mol. The van der Waals surface area contributed by atoms with Gasteiger partial charge >= 0.3 is 0 Å². The van der Waals surface area contributed by atoms with Crippen molar-refractivity contribution >= 4 is 21.8 Å². The fourth-order valence-electron chi connectivity index (χ4n) is 2.85. The van der Waals surface area contributed by atoms with Gasteiger partial charge in [-0.25, -0.2) is 0 Å². The van der Waals surface area contributed by atoms with Crippen LogP contribution in [0.25, 0.3) is 0 Å². The van der Waals surface area contributed by atoms with Gasteiger partial charge < -0.3 is 9.47 Å². The minimum Gasteiger partial charge on any atom is -0.340 e. The molecule has 0 atom stereocenters. The van der Waals surface area contributed by atoms with Gasteiger partial charge in [-0.3, -0.25) is 4.79 Å². The molecular weight excluding hydrogens is 318 g/mol. The Labute approximate surface area is 128 Å². The van der Waals surface area contributed by atoms with E-state index in [9.17, 15) is 4.79 Å². The number of nitrogens with zero attached hydrogens (tertiary/aromatic N) is 3. The number of hydrogen-bond donors (Lipinski definition) is 0. The van der Waals surface area contributed by atoms with Crippen LogP contribution < -0.4 is 0 Å². The van der Waals surface area contributed by atoms with E-state index in [1.807, 2.05) is 30.7 Å². The number of amides is 1. The maximum Gasteiger partial charge on any atom is 0.271 e. The number of halogens is 1. The molecule has 0 radical (unpaired) electrons. The molecule has 20 heavy (non-hydrogen) atoms. The summed E-state index contributed by atoms with van der Waals surface area (Å²) < 4.78 is 2.86. The average Bonchev–Trinajstić information content (AvgIpc) is 3.04. The summed E-state index contributed by atoms with van der Waals surface area (Å²) in [7, 11) is 0. The van der Waals surface area contributed by atoms with Crippen LogP contribution in [-0.4, -0.2) is 28.0 Å². The smallest absolute Gasteiger partial charge is 0.271 e. The Hall–Kier alpha value is -1.28. The summed E-state index contributed by atoms with van der Waals surface area (Å²) in [6.07, 6.45) is 6.24. The highest BCUT2D eigenvalue weighted by Gasteiger charge is 2.29. The molecule has 1 aliphatic carbocycles. The van der Waals surface area contributed by atoms with E-state index in [2.05, 4.69) is 22.0 Å². The molecule has 5 heteroatoms. The first-order valence-corrected chi connectivity index (χ1v) is 7.89. The van der Waals surface area contributed by atoms with Crippen molar-refractivity contribution in [2.45, 2.75) is 51.6 Å². The lowest BCUT2D eigenvalue weighted by Gasteiger charge is -2.27. The zero-order chi connectivity index (χ0) is 14.7. The van der Waals surface area contributed by atoms with Crippen LogP contribution in [0.4, 0.5) is 0 Å². The molecule has 1 aromatic heterocycles. The average molecular weight is 338 g/mol. The molecule has 1 aromatic rings. The van der Waals surface area contributed by atoms with Crippen LogP contribution in [0.3, 0.4) is 0 Å². The summed E-state index contributed by atoms with van der Waals surface area (Å²) in [5.74, 6) is -0.0298. The SMILES string of the molecule is CC(C)n1cc(Br)cc1C(=O)N(CC#N)C1CCCC1. The first kappa shape index (κ1) is 15.1. The molecule has 1 heterocycles.